The molecule has 112 valence electrons. The van der Waals surface area contributed by atoms with Crippen LogP contribution < -0.4 is 20.5 Å². The number of hydrogen-bond acceptors (Lipinski definition) is 4. The van der Waals surface area contributed by atoms with Gasteiger partial charge in [0.05, 0.1) is 6.61 Å². The topological polar surface area (TPSA) is 73.6 Å². The van der Waals surface area contributed by atoms with Crippen LogP contribution in [0.2, 0.25) is 0 Å². The van der Waals surface area contributed by atoms with Gasteiger partial charge in [-0.25, -0.2) is 0 Å². The fraction of sp³-hybridized carbons (Fsp3) is 0.533. The molecule has 0 fully saturated rings. The molecule has 0 saturated carbocycles. The summed E-state index contributed by atoms with van der Waals surface area (Å²) in [6.07, 6.45) is 0.924. The van der Waals surface area contributed by atoms with Crippen molar-refractivity contribution in [3.05, 3.63) is 24.3 Å². The highest BCUT2D eigenvalue weighted by Crippen LogP contribution is 2.26. The van der Waals surface area contributed by atoms with E-state index in [1.54, 1.807) is 0 Å². The third kappa shape index (κ3) is 5.48. The van der Waals surface area contributed by atoms with E-state index in [-0.39, 0.29) is 12.6 Å². The number of amides is 1. The molecule has 0 spiro atoms. The second-order valence-electron chi connectivity index (χ2n) is 4.88. The fourth-order valence-electron chi connectivity index (χ4n) is 1.69. The standard InChI is InChI=1S/C15H24N2O3/c1-4-9-19-13-7-5-6-8-14(13)20-10-12(15(16)18)17-11(2)3/h5-8,11-12,17H,4,9-10H2,1-3H3,(H2,16,18). The Morgan fingerprint density at radius 2 is 1.85 bits per heavy atom. The number of ether oxygens (including phenoxy) is 2. The molecule has 3 N–H and O–H groups in total. The second-order valence-corrected chi connectivity index (χ2v) is 4.88. The van der Waals surface area contributed by atoms with Gasteiger partial charge >= 0.3 is 0 Å². The Bertz CT molecular complexity index is 421. The van der Waals surface area contributed by atoms with Crippen molar-refractivity contribution in [2.45, 2.75) is 39.3 Å². The van der Waals surface area contributed by atoms with Gasteiger partial charge in [0, 0.05) is 6.04 Å². The quantitative estimate of drug-likeness (QED) is 0.722. The molecular weight excluding hydrogens is 256 g/mol. The lowest BCUT2D eigenvalue weighted by Gasteiger charge is -2.19. The molecule has 0 aliphatic heterocycles. The van der Waals surface area contributed by atoms with Crippen LogP contribution in [-0.2, 0) is 4.79 Å². The maximum atomic E-state index is 11.4. The molecule has 0 radical (unpaired) electrons. The van der Waals surface area contributed by atoms with Gasteiger partial charge < -0.3 is 20.5 Å². The Labute approximate surface area is 120 Å². The van der Waals surface area contributed by atoms with Gasteiger partial charge in [0.15, 0.2) is 11.5 Å². The van der Waals surface area contributed by atoms with Gasteiger partial charge in [-0.3, -0.25) is 4.79 Å². The van der Waals surface area contributed by atoms with Crippen molar-refractivity contribution in [2.75, 3.05) is 13.2 Å². The first-order valence-corrected chi connectivity index (χ1v) is 6.94. The minimum Gasteiger partial charge on any atom is -0.490 e. The number of carbonyl (C=O) groups is 1. The molecule has 20 heavy (non-hydrogen) atoms. The molecule has 5 nitrogen and oxygen atoms in total. The molecule has 0 saturated heterocycles. The normalized spacial score (nSPS) is 12.2. The molecule has 0 aliphatic carbocycles. The van der Waals surface area contributed by atoms with Crippen molar-refractivity contribution in [2.24, 2.45) is 5.73 Å². The molecule has 1 amide bonds. The average Bonchev–Trinajstić information content (AvgIpc) is 2.41. The van der Waals surface area contributed by atoms with Crippen molar-refractivity contribution >= 4 is 5.91 Å². The smallest absolute Gasteiger partial charge is 0.238 e. The summed E-state index contributed by atoms with van der Waals surface area (Å²) in [5.74, 6) is 0.880. The summed E-state index contributed by atoms with van der Waals surface area (Å²) in [5, 5.41) is 3.07. The molecule has 1 atom stereocenters. The zero-order valence-corrected chi connectivity index (χ0v) is 12.4. The largest absolute Gasteiger partial charge is 0.490 e. The van der Waals surface area contributed by atoms with Crippen LogP contribution in [0.15, 0.2) is 24.3 Å². The third-order valence-electron chi connectivity index (χ3n) is 2.59. The van der Waals surface area contributed by atoms with Crippen LogP contribution in [0.25, 0.3) is 0 Å². The van der Waals surface area contributed by atoms with Gasteiger partial charge in [-0.15, -0.1) is 0 Å². The fourth-order valence-corrected chi connectivity index (χ4v) is 1.69. The highest BCUT2D eigenvalue weighted by atomic mass is 16.5. The molecule has 1 aromatic carbocycles. The summed E-state index contributed by atoms with van der Waals surface area (Å²) in [4.78, 5) is 11.4. The lowest BCUT2D eigenvalue weighted by Crippen LogP contribution is -2.48. The van der Waals surface area contributed by atoms with Gasteiger partial charge in [-0.2, -0.15) is 0 Å². The first kappa shape index (κ1) is 16.3. The van der Waals surface area contributed by atoms with Crippen LogP contribution in [0.1, 0.15) is 27.2 Å². The van der Waals surface area contributed by atoms with Crippen molar-refractivity contribution in [1.29, 1.82) is 0 Å². The maximum Gasteiger partial charge on any atom is 0.238 e. The highest BCUT2D eigenvalue weighted by molar-refractivity contribution is 5.80. The minimum atomic E-state index is -0.519. The van der Waals surface area contributed by atoms with Gasteiger partial charge in [0.1, 0.15) is 12.6 Å². The summed E-state index contributed by atoms with van der Waals surface area (Å²) in [5.41, 5.74) is 5.35. The molecule has 1 unspecified atom stereocenters. The van der Waals surface area contributed by atoms with E-state index < -0.39 is 11.9 Å². The van der Waals surface area contributed by atoms with E-state index >= 15 is 0 Å². The predicted molar refractivity (Wildman–Crippen MR) is 79.0 cm³/mol. The molecule has 5 heteroatoms. The van der Waals surface area contributed by atoms with Crippen LogP contribution in [0.3, 0.4) is 0 Å². The number of carbonyl (C=O) groups excluding carboxylic acids is 1. The number of para-hydroxylation sites is 2. The number of nitrogens with two attached hydrogens (primary N) is 1. The van der Waals surface area contributed by atoms with Crippen LogP contribution in [0, 0.1) is 0 Å². The zero-order valence-electron chi connectivity index (χ0n) is 12.4. The molecule has 0 bridgehead atoms. The van der Waals surface area contributed by atoms with Crippen LogP contribution in [0.4, 0.5) is 0 Å². The Hall–Kier alpha value is -1.75. The minimum absolute atomic E-state index is 0.155. The maximum absolute atomic E-state index is 11.4. The van der Waals surface area contributed by atoms with Crippen molar-refractivity contribution in [1.82, 2.24) is 5.32 Å². The molecule has 0 aliphatic rings. The predicted octanol–water partition coefficient (Wildman–Crippen LogP) is 1.71. The van der Waals surface area contributed by atoms with E-state index in [9.17, 15) is 4.79 Å². The van der Waals surface area contributed by atoms with E-state index in [1.807, 2.05) is 45.0 Å². The summed E-state index contributed by atoms with van der Waals surface area (Å²) >= 11 is 0. The molecule has 0 heterocycles. The summed E-state index contributed by atoms with van der Waals surface area (Å²) in [6, 6.07) is 7.05. The van der Waals surface area contributed by atoms with Crippen molar-refractivity contribution in [3.63, 3.8) is 0 Å². The number of benzene rings is 1. The number of rotatable bonds is 9. The van der Waals surface area contributed by atoms with Crippen LogP contribution in [0.5, 0.6) is 11.5 Å². The Morgan fingerprint density at radius 1 is 1.25 bits per heavy atom. The number of hydrogen-bond donors (Lipinski definition) is 2. The SMILES string of the molecule is CCCOc1ccccc1OCC(NC(C)C)C(N)=O. The molecule has 1 aromatic rings. The molecule has 0 aromatic heterocycles. The van der Waals surface area contributed by atoms with E-state index in [0.29, 0.717) is 18.1 Å². The second kappa shape index (κ2) is 8.43. The van der Waals surface area contributed by atoms with Crippen molar-refractivity contribution < 1.29 is 14.3 Å². The number of nitrogens with one attached hydrogen (secondary N) is 1. The van der Waals surface area contributed by atoms with E-state index in [2.05, 4.69) is 5.32 Å². The van der Waals surface area contributed by atoms with Gasteiger partial charge in [-0.05, 0) is 18.6 Å². The lowest BCUT2D eigenvalue weighted by molar-refractivity contribution is -0.120. The lowest BCUT2D eigenvalue weighted by atomic mass is 10.2. The Morgan fingerprint density at radius 3 is 2.35 bits per heavy atom. The summed E-state index contributed by atoms with van der Waals surface area (Å²) in [7, 11) is 0. The average molecular weight is 280 g/mol. The zero-order chi connectivity index (χ0) is 15.0. The Balaban J connectivity index is 2.65. The summed E-state index contributed by atoms with van der Waals surface area (Å²) in [6.45, 7) is 6.76. The van der Waals surface area contributed by atoms with E-state index in [1.165, 1.54) is 0 Å². The first-order valence-electron chi connectivity index (χ1n) is 6.94. The monoisotopic (exact) mass is 280 g/mol. The van der Waals surface area contributed by atoms with Crippen LogP contribution in [-0.4, -0.2) is 31.2 Å². The van der Waals surface area contributed by atoms with Gasteiger partial charge in [0.2, 0.25) is 5.91 Å². The summed E-state index contributed by atoms with van der Waals surface area (Å²) < 4.78 is 11.3. The van der Waals surface area contributed by atoms with E-state index in [0.717, 1.165) is 6.42 Å². The van der Waals surface area contributed by atoms with Crippen molar-refractivity contribution in [3.8, 4) is 11.5 Å². The third-order valence-corrected chi connectivity index (χ3v) is 2.59. The van der Waals surface area contributed by atoms with E-state index in [4.69, 9.17) is 15.2 Å². The van der Waals surface area contributed by atoms with Crippen LogP contribution >= 0.6 is 0 Å². The van der Waals surface area contributed by atoms with Gasteiger partial charge in [0.25, 0.3) is 0 Å². The highest BCUT2D eigenvalue weighted by Gasteiger charge is 2.17. The number of primary amides is 1. The Kier molecular flexibility index (Phi) is 6.87. The van der Waals surface area contributed by atoms with Gasteiger partial charge in [-0.1, -0.05) is 32.9 Å². The molecular formula is C15H24N2O3. The molecule has 1 rings (SSSR count). The first-order chi connectivity index (χ1) is 9.54.